The summed E-state index contributed by atoms with van der Waals surface area (Å²) in [7, 11) is 0. The van der Waals surface area contributed by atoms with Crippen LogP contribution < -0.4 is 10.2 Å². The molecule has 1 N–H and O–H groups in total. The Morgan fingerprint density at radius 2 is 2.38 bits per heavy atom. The largest absolute Gasteiger partial charge is 0.377 e. The van der Waals surface area contributed by atoms with Gasteiger partial charge in [-0.15, -0.1) is 11.3 Å². The molecule has 1 aliphatic rings. The molecule has 3 heterocycles. The van der Waals surface area contributed by atoms with Crippen molar-refractivity contribution in [3.63, 3.8) is 0 Å². The standard InChI is InChI=1S/C15H24N4OS/c1-3-16-10-13-14(17-15-19(13)8-9-21-15)18-7-5-6-12(11-18)20-4-2/h8-9,12,16H,3-7,10-11H2,1-2H3. The Hall–Kier alpha value is -1.11. The van der Waals surface area contributed by atoms with Crippen LogP contribution >= 0.6 is 11.3 Å². The average Bonchev–Trinajstić information content (AvgIpc) is 3.07. The second kappa shape index (κ2) is 6.77. The molecule has 2 aromatic rings. The minimum Gasteiger partial charge on any atom is -0.377 e. The van der Waals surface area contributed by atoms with Crippen LogP contribution in [0.4, 0.5) is 5.82 Å². The summed E-state index contributed by atoms with van der Waals surface area (Å²) in [6, 6.07) is 0. The number of hydrogen-bond donors (Lipinski definition) is 1. The number of hydrogen-bond acceptors (Lipinski definition) is 5. The van der Waals surface area contributed by atoms with Crippen LogP contribution in [0.1, 0.15) is 32.4 Å². The van der Waals surface area contributed by atoms with Gasteiger partial charge < -0.3 is 15.0 Å². The van der Waals surface area contributed by atoms with Gasteiger partial charge in [-0.3, -0.25) is 4.40 Å². The van der Waals surface area contributed by atoms with Crippen LogP contribution in [0.2, 0.25) is 0 Å². The van der Waals surface area contributed by atoms with Gasteiger partial charge in [0, 0.05) is 37.8 Å². The van der Waals surface area contributed by atoms with Crippen molar-refractivity contribution < 1.29 is 4.74 Å². The first-order valence-corrected chi connectivity index (χ1v) is 8.73. The molecule has 0 saturated carbocycles. The van der Waals surface area contributed by atoms with Crippen molar-refractivity contribution in [1.82, 2.24) is 14.7 Å². The molecule has 0 radical (unpaired) electrons. The number of rotatable bonds is 6. The van der Waals surface area contributed by atoms with Crippen LogP contribution in [0.5, 0.6) is 0 Å². The fourth-order valence-electron chi connectivity index (χ4n) is 2.98. The summed E-state index contributed by atoms with van der Waals surface area (Å²) < 4.78 is 8.04. The highest BCUT2D eigenvalue weighted by molar-refractivity contribution is 7.15. The number of nitrogens with zero attached hydrogens (tertiary/aromatic N) is 3. The summed E-state index contributed by atoms with van der Waals surface area (Å²) in [5.74, 6) is 1.13. The summed E-state index contributed by atoms with van der Waals surface area (Å²) in [5, 5.41) is 5.53. The van der Waals surface area contributed by atoms with E-state index in [1.54, 1.807) is 11.3 Å². The number of piperidine rings is 1. The smallest absolute Gasteiger partial charge is 0.195 e. The Bertz CT molecular complexity index is 577. The van der Waals surface area contributed by atoms with E-state index < -0.39 is 0 Å². The van der Waals surface area contributed by atoms with Gasteiger partial charge in [0.2, 0.25) is 0 Å². The maximum absolute atomic E-state index is 5.82. The minimum absolute atomic E-state index is 0.343. The molecule has 5 nitrogen and oxygen atoms in total. The molecule has 0 aromatic carbocycles. The summed E-state index contributed by atoms with van der Waals surface area (Å²) in [5.41, 5.74) is 1.27. The second-order valence-corrected chi connectivity index (χ2v) is 6.26. The normalized spacial score (nSPS) is 19.5. The van der Waals surface area contributed by atoms with Crippen LogP contribution in [0, 0.1) is 0 Å². The molecule has 0 bridgehead atoms. The quantitative estimate of drug-likeness (QED) is 0.890. The molecule has 1 atom stereocenters. The second-order valence-electron chi connectivity index (χ2n) is 5.38. The number of anilines is 1. The first-order chi connectivity index (χ1) is 10.3. The van der Waals surface area contributed by atoms with Crippen molar-refractivity contribution in [2.75, 3.05) is 31.1 Å². The zero-order valence-corrected chi connectivity index (χ0v) is 13.7. The maximum Gasteiger partial charge on any atom is 0.195 e. The van der Waals surface area contributed by atoms with E-state index in [1.165, 1.54) is 12.1 Å². The molecule has 3 rings (SSSR count). The van der Waals surface area contributed by atoms with E-state index >= 15 is 0 Å². The van der Waals surface area contributed by atoms with Crippen LogP contribution in [-0.4, -0.2) is 41.7 Å². The van der Waals surface area contributed by atoms with Gasteiger partial charge in [-0.05, 0) is 26.3 Å². The molecular formula is C15H24N4OS. The van der Waals surface area contributed by atoms with Crippen LogP contribution in [0.3, 0.4) is 0 Å². The van der Waals surface area contributed by atoms with E-state index in [9.17, 15) is 0 Å². The lowest BCUT2D eigenvalue weighted by Gasteiger charge is -2.33. The highest BCUT2D eigenvalue weighted by atomic mass is 32.1. The van der Waals surface area contributed by atoms with E-state index in [-0.39, 0.29) is 0 Å². The number of aromatic nitrogens is 2. The van der Waals surface area contributed by atoms with E-state index in [2.05, 4.69) is 40.0 Å². The average molecular weight is 308 g/mol. The Balaban J connectivity index is 1.85. The van der Waals surface area contributed by atoms with E-state index in [0.29, 0.717) is 6.10 Å². The molecule has 0 aliphatic carbocycles. The monoisotopic (exact) mass is 308 g/mol. The summed E-state index contributed by atoms with van der Waals surface area (Å²) in [6.07, 6.45) is 4.80. The van der Waals surface area contributed by atoms with Crippen molar-refractivity contribution in [2.24, 2.45) is 0 Å². The number of thiazole rings is 1. The third-order valence-electron chi connectivity index (χ3n) is 3.96. The number of ether oxygens (including phenoxy) is 1. The SMILES string of the molecule is CCNCc1c(N2CCCC(OCC)C2)nc2sccn12. The van der Waals surface area contributed by atoms with E-state index in [0.717, 1.165) is 50.0 Å². The van der Waals surface area contributed by atoms with Crippen molar-refractivity contribution in [2.45, 2.75) is 39.3 Å². The molecule has 116 valence electrons. The predicted octanol–water partition coefficient (Wildman–Crippen LogP) is 2.51. The Morgan fingerprint density at radius 3 is 3.19 bits per heavy atom. The lowest BCUT2D eigenvalue weighted by molar-refractivity contribution is 0.0525. The van der Waals surface area contributed by atoms with Crippen molar-refractivity contribution >= 4 is 22.1 Å². The number of imidazole rings is 1. The van der Waals surface area contributed by atoms with Crippen LogP contribution in [0.25, 0.3) is 4.96 Å². The lowest BCUT2D eigenvalue weighted by atomic mass is 10.1. The van der Waals surface area contributed by atoms with E-state index in [1.807, 2.05) is 0 Å². The first-order valence-electron chi connectivity index (χ1n) is 7.85. The van der Waals surface area contributed by atoms with Crippen molar-refractivity contribution in [1.29, 1.82) is 0 Å². The number of nitrogens with one attached hydrogen (secondary N) is 1. The summed E-state index contributed by atoms with van der Waals surface area (Å²) in [4.78, 5) is 8.33. The molecule has 1 saturated heterocycles. The van der Waals surface area contributed by atoms with Gasteiger partial charge in [0.1, 0.15) is 0 Å². The Labute approximate surface area is 129 Å². The molecule has 0 spiro atoms. The molecule has 1 unspecified atom stereocenters. The molecule has 21 heavy (non-hydrogen) atoms. The third-order valence-corrected chi connectivity index (χ3v) is 4.72. The lowest BCUT2D eigenvalue weighted by Crippen LogP contribution is -2.40. The highest BCUT2D eigenvalue weighted by Crippen LogP contribution is 2.27. The van der Waals surface area contributed by atoms with Crippen molar-refractivity contribution in [3.05, 3.63) is 17.3 Å². The maximum atomic E-state index is 5.82. The van der Waals surface area contributed by atoms with Gasteiger partial charge in [-0.25, -0.2) is 4.98 Å². The third kappa shape index (κ3) is 3.07. The number of fused-ring (bicyclic) bond motifs is 1. The topological polar surface area (TPSA) is 41.8 Å². The molecular weight excluding hydrogens is 284 g/mol. The molecule has 0 amide bonds. The van der Waals surface area contributed by atoms with Gasteiger partial charge in [-0.1, -0.05) is 6.92 Å². The summed E-state index contributed by atoms with van der Waals surface area (Å²) in [6.45, 7) is 8.87. The fourth-order valence-corrected chi connectivity index (χ4v) is 3.71. The van der Waals surface area contributed by atoms with Gasteiger partial charge in [0.15, 0.2) is 10.8 Å². The van der Waals surface area contributed by atoms with Gasteiger partial charge in [-0.2, -0.15) is 0 Å². The fraction of sp³-hybridized carbons (Fsp3) is 0.667. The van der Waals surface area contributed by atoms with Gasteiger partial charge in [0.25, 0.3) is 0 Å². The minimum atomic E-state index is 0.343. The highest BCUT2D eigenvalue weighted by Gasteiger charge is 2.25. The molecule has 1 aliphatic heterocycles. The van der Waals surface area contributed by atoms with Gasteiger partial charge in [0.05, 0.1) is 11.8 Å². The molecule has 1 fully saturated rings. The van der Waals surface area contributed by atoms with Gasteiger partial charge >= 0.3 is 0 Å². The zero-order valence-electron chi connectivity index (χ0n) is 12.8. The summed E-state index contributed by atoms with van der Waals surface area (Å²) >= 11 is 1.70. The molecule has 2 aromatic heterocycles. The predicted molar refractivity (Wildman–Crippen MR) is 87.3 cm³/mol. The Kier molecular flexibility index (Phi) is 4.77. The Morgan fingerprint density at radius 1 is 1.48 bits per heavy atom. The van der Waals surface area contributed by atoms with Crippen molar-refractivity contribution in [3.8, 4) is 0 Å². The van der Waals surface area contributed by atoms with Crippen LogP contribution in [-0.2, 0) is 11.3 Å². The van der Waals surface area contributed by atoms with Crippen LogP contribution in [0.15, 0.2) is 11.6 Å². The van der Waals surface area contributed by atoms with E-state index in [4.69, 9.17) is 9.72 Å². The first kappa shape index (κ1) is 14.8. The molecule has 6 heteroatoms. The zero-order chi connectivity index (χ0) is 14.7.